The van der Waals surface area contributed by atoms with E-state index in [9.17, 15) is 0 Å². The average molecular weight is 401 g/mol. The van der Waals surface area contributed by atoms with Gasteiger partial charge in [0.25, 0.3) is 0 Å². The van der Waals surface area contributed by atoms with Crippen LogP contribution >= 0.6 is 12.2 Å². The first-order valence-electron chi connectivity index (χ1n) is 9.66. The zero-order chi connectivity index (χ0) is 20.4. The van der Waals surface area contributed by atoms with Crippen molar-refractivity contribution in [1.29, 1.82) is 0 Å². The molecule has 0 fully saturated rings. The van der Waals surface area contributed by atoms with Crippen LogP contribution < -0.4 is 10.6 Å². The normalized spacial score (nSPS) is 10.9. The second kappa shape index (κ2) is 8.05. The summed E-state index contributed by atoms with van der Waals surface area (Å²) in [5.74, 6) is 0. The zero-order valence-corrected chi connectivity index (χ0v) is 17.7. The Hall–Kier alpha value is -3.18. The van der Waals surface area contributed by atoms with Crippen molar-refractivity contribution >= 4 is 39.5 Å². The molecule has 4 nitrogen and oxygen atoms in total. The summed E-state index contributed by atoms with van der Waals surface area (Å²) in [4.78, 5) is 0. The molecule has 0 atom stereocenters. The number of fused-ring (bicyclic) bond motifs is 1. The van der Waals surface area contributed by atoms with Gasteiger partial charge in [-0.1, -0.05) is 60.2 Å². The SMILES string of the molecule is Cc1ccc(NC(=S)Nc2c(C)nn(Cc3cccc4ccccc34)c2C)cc1. The molecule has 0 unspecified atom stereocenters. The van der Waals surface area contributed by atoms with E-state index in [4.69, 9.17) is 17.3 Å². The van der Waals surface area contributed by atoms with Crippen LogP contribution in [0, 0.1) is 20.8 Å². The fourth-order valence-corrected chi connectivity index (χ4v) is 3.76. The maximum atomic E-state index is 5.51. The summed E-state index contributed by atoms with van der Waals surface area (Å²) in [6.07, 6.45) is 0. The molecule has 4 aromatic rings. The maximum absolute atomic E-state index is 5.51. The summed E-state index contributed by atoms with van der Waals surface area (Å²) in [6, 6.07) is 23.0. The first-order chi connectivity index (χ1) is 14.0. The number of aromatic nitrogens is 2. The lowest BCUT2D eigenvalue weighted by Gasteiger charge is -2.12. The lowest BCUT2D eigenvalue weighted by atomic mass is 10.0. The van der Waals surface area contributed by atoms with E-state index in [-0.39, 0.29) is 0 Å². The number of benzene rings is 3. The molecule has 5 heteroatoms. The van der Waals surface area contributed by atoms with E-state index in [1.54, 1.807) is 0 Å². The van der Waals surface area contributed by atoms with Crippen molar-refractivity contribution in [2.75, 3.05) is 10.6 Å². The minimum Gasteiger partial charge on any atom is -0.332 e. The fraction of sp³-hybridized carbons (Fsp3) is 0.167. The number of anilines is 2. The Morgan fingerprint density at radius 2 is 1.62 bits per heavy atom. The predicted octanol–water partition coefficient (Wildman–Crippen LogP) is 5.82. The quantitative estimate of drug-likeness (QED) is 0.424. The Kier molecular flexibility index (Phi) is 5.32. The van der Waals surface area contributed by atoms with E-state index in [0.717, 1.165) is 22.8 Å². The van der Waals surface area contributed by atoms with Crippen molar-refractivity contribution in [3.05, 3.63) is 89.2 Å². The van der Waals surface area contributed by atoms with Crippen molar-refractivity contribution < 1.29 is 0 Å². The molecule has 0 radical (unpaired) electrons. The van der Waals surface area contributed by atoms with Gasteiger partial charge in [-0.25, -0.2) is 0 Å². The molecule has 4 rings (SSSR count). The average Bonchev–Trinajstić information content (AvgIpc) is 2.97. The highest BCUT2D eigenvalue weighted by molar-refractivity contribution is 7.80. The van der Waals surface area contributed by atoms with Crippen LogP contribution in [0.2, 0.25) is 0 Å². The highest BCUT2D eigenvalue weighted by atomic mass is 32.1. The Balaban J connectivity index is 1.54. The van der Waals surface area contributed by atoms with E-state index in [2.05, 4.69) is 79.1 Å². The van der Waals surface area contributed by atoms with Gasteiger partial charge >= 0.3 is 0 Å². The van der Waals surface area contributed by atoms with Crippen LogP contribution in [0.4, 0.5) is 11.4 Å². The minimum atomic E-state index is 0.560. The highest BCUT2D eigenvalue weighted by Gasteiger charge is 2.14. The number of hydrogen-bond donors (Lipinski definition) is 2. The van der Waals surface area contributed by atoms with Gasteiger partial charge < -0.3 is 10.6 Å². The molecule has 146 valence electrons. The van der Waals surface area contributed by atoms with Gasteiger partial charge in [0.05, 0.1) is 23.6 Å². The first kappa shape index (κ1) is 19.2. The third-order valence-electron chi connectivity index (χ3n) is 5.13. The number of rotatable bonds is 4. The van der Waals surface area contributed by atoms with E-state index in [0.29, 0.717) is 11.7 Å². The van der Waals surface area contributed by atoms with Gasteiger partial charge in [-0.3, -0.25) is 4.68 Å². The molecule has 0 aliphatic carbocycles. The summed E-state index contributed by atoms with van der Waals surface area (Å²) in [6.45, 7) is 6.86. The predicted molar refractivity (Wildman–Crippen MR) is 126 cm³/mol. The van der Waals surface area contributed by atoms with Crippen LogP contribution in [-0.4, -0.2) is 14.9 Å². The number of thiocarbonyl (C=S) groups is 1. The standard InChI is InChI=1S/C24H24N4S/c1-16-11-13-21(14-12-16)25-24(29)26-23-17(2)27-28(18(23)3)15-20-9-6-8-19-7-4-5-10-22(19)20/h4-14H,15H2,1-3H3,(H2,25,26,29). The van der Waals surface area contributed by atoms with Crippen molar-refractivity contribution in [2.24, 2.45) is 0 Å². The maximum Gasteiger partial charge on any atom is 0.175 e. The Labute approximate surface area is 176 Å². The smallest absolute Gasteiger partial charge is 0.175 e. The summed E-state index contributed by atoms with van der Waals surface area (Å²) >= 11 is 5.51. The van der Waals surface area contributed by atoms with Crippen LogP contribution in [0.3, 0.4) is 0 Å². The van der Waals surface area contributed by atoms with E-state index < -0.39 is 0 Å². The molecular formula is C24H24N4S. The van der Waals surface area contributed by atoms with Crippen molar-refractivity contribution in [1.82, 2.24) is 9.78 Å². The topological polar surface area (TPSA) is 41.9 Å². The third-order valence-corrected chi connectivity index (χ3v) is 5.33. The van der Waals surface area contributed by atoms with Crippen LogP contribution in [0.1, 0.15) is 22.5 Å². The Morgan fingerprint density at radius 1 is 0.897 bits per heavy atom. The molecule has 0 saturated carbocycles. The molecule has 0 saturated heterocycles. The highest BCUT2D eigenvalue weighted by Crippen LogP contribution is 2.24. The number of hydrogen-bond acceptors (Lipinski definition) is 2. The summed E-state index contributed by atoms with van der Waals surface area (Å²) in [5, 5.41) is 14.4. The van der Waals surface area contributed by atoms with Gasteiger partial charge in [-0.2, -0.15) is 5.10 Å². The summed E-state index contributed by atoms with van der Waals surface area (Å²) in [7, 11) is 0. The van der Waals surface area contributed by atoms with Crippen molar-refractivity contribution in [3.63, 3.8) is 0 Å². The largest absolute Gasteiger partial charge is 0.332 e. The second-order valence-electron chi connectivity index (χ2n) is 7.29. The minimum absolute atomic E-state index is 0.560. The molecule has 0 amide bonds. The summed E-state index contributed by atoms with van der Waals surface area (Å²) < 4.78 is 2.04. The van der Waals surface area contributed by atoms with Crippen LogP contribution in [0.15, 0.2) is 66.7 Å². The molecule has 29 heavy (non-hydrogen) atoms. The first-order valence-corrected chi connectivity index (χ1v) is 10.1. The third kappa shape index (κ3) is 4.15. The fourth-order valence-electron chi connectivity index (χ4n) is 3.54. The Morgan fingerprint density at radius 3 is 2.41 bits per heavy atom. The molecular weight excluding hydrogens is 376 g/mol. The molecule has 1 aromatic heterocycles. The molecule has 0 aliphatic heterocycles. The lowest BCUT2D eigenvalue weighted by molar-refractivity contribution is 0.662. The van der Waals surface area contributed by atoms with Gasteiger partial charge in [-0.05, 0) is 61.5 Å². The number of nitrogens with one attached hydrogen (secondary N) is 2. The molecule has 2 N–H and O–H groups in total. The molecule has 0 bridgehead atoms. The van der Waals surface area contributed by atoms with E-state index >= 15 is 0 Å². The molecule has 0 spiro atoms. The second-order valence-corrected chi connectivity index (χ2v) is 7.70. The summed E-state index contributed by atoms with van der Waals surface area (Å²) in [5.41, 5.74) is 6.37. The van der Waals surface area contributed by atoms with Crippen LogP contribution in [-0.2, 0) is 6.54 Å². The monoisotopic (exact) mass is 400 g/mol. The van der Waals surface area contributed by atoms with E-state index in [1.807, 2.05) is 23.7 Å². The van der Waals surface area contributed by atoms with Gasteiger partial charge in [0.1, 0.15) is 0 Å². The number of aryl methyl sites for hydroxylation is 2. The number of nitrogens with zero attached hydrogens (tertiary/aromatic N) is 2. The van der Waals surface area contributed by atoms with Crippen molar-refractivity contribution in [3.8, 4) is 0 Å². The van der Waals surface area contributed by atoms with Gasteiger partial charge in [0, 0.05) is 5.69 Å². The van der Waals surface area contributed by atoms with Gasteiger partial charge in [-0.15, -0.1) is 0 Å². The van der Waals surface area contributed by atoms with Crippen molar-refractivity contribution in [2.45, 2.75) is 27.3 Å². The molecule has 3 aromatic carbocycles. The van der Waals surface area contributed by atoms with Crippen LogP contribution in [0.25, 0.3) is 10.8 Å². The van der Waals surface area contributed by atoms with Crippen LogP contribution in [0.5, 0.6) is 0 Å². The molecule has 0 aliphatic rings. The zero-order valence-electron chi connectivity index (χ0n) is 16.9. The Bertz CT molecular complexity index is 1170. The van der Waals surface area contributed by atoms with Gasteiger partial charge in [0.15, 0.2) is 5.11 Å². The lowest BCUT2D eigenvalue weighted by Crippen LogP contribution is -2.20. The van der Waals surface area contributed by atoms with Gasteiger partial charge in [0.2, 0.25) is 0 Å². The molecule has 1 heterocycles. The van der Waals surface area contributed by atoms with E-state index in [1.165, 1.54) is 21.9 Å².